The molecule has 1 amide bonds. The van der Waals surface area contributed by atoms with Gasteiger partial charge in [-0.05, 0) is 31.9 Å². The Morgan fingerprint density at radius 2 is 2.43 bits per heavy atom. The number of furan rings is 1. The molecule has 0 spiro atoms. The van der Waals surface area contributed by atoms with Gasteiger partial charge in [-0.1, -0.05) is 5.21 Å². The van der Waals surface area contributed by atoms with Crippen LogP contribution in [0, 0.1) is 0 Å². The van der Waals surface area contributed by atoms with E-state index >= 15 is 0 Å². The monoisotopic (exact) mass is 289 g/mol. The molecular formula is C14H19N5O2. The lowest BCUT2D eigenvalue weighted by Crippen LogP contribution is -2.30. The average molecular weight is 289 g/mol. The summed E-state index contributed by atoms with van der Waals surface area (Å²) in [5.41, 5.74) is 0.855. The number of nitrogens with one attached hydrogen (secondary N) is 2. The maximum Gasteiger partial charge on any atom is 0.242 e. The van der Waals surface area contributed by atoms with E-state index in [9.17, 15) is 4.79 Å². The zero-order valence-electron chi connectivity index (χ0n) is 12.0. The largest absolute Gasteiger partial charge is 0.467 e. The summed E-state index contributed by atoms with van der Waals surface area (Å²) in [5, 5.41) is 14.2. The van der Waals surface area contributed by atoms with E-state index in [4.69, 9.17) is 4.42 Å². The Bertz CT molecular complexity index is 588. The van der Waals surface area contributed by atoms with Gasteiger partial charge in [0, 0.05) is 12.6 Å². The molecule has 0 saturated heterocycles. The van der Waals surface area contributed by atoms with Crippen molar-refractivity contribution in [1.29, 1.82) is 0 Å². The van der Waals surface area contributed by atoms with Crippen LogP contribution in [0.1, 0.15) is 37.3 Å². The molecule has 0 aromatic carbocycles. The predicted molar refractivity (Wildman–Crippen MR) is 75.1 cm³/mol. The van der Waals surface area contributed by atoms with Crippen LogP contribution in [0.2, 0.25) is 0 Å². The third kappa shape index (κ3) is 3.91. The van der Waals surface area contributed by atoms with Crippen molar-refractivity contribution in [2.75, 3.05) is 0 Å². The van der Waals surface area contributed by atoms with E-state index in [-0.39, 0.29) is 18.5 Å². The first-order valence-electron chi connectivity index (χ1n) is 7.16. The minimum absolute atomic E-state index is 0.120. The Labute approximate surface area is 122 Å². The van der Waals surface area contributed by atoms with Gasteiger partial charge in [-0.25, -0.2) is 4.68 Å². The number of carbonyl (C=O) groups excluding carboxylic acids is 1. The molecule has 7 heteroatoms. The Morgan fingerprint density at radius 3 is 3.14 bits per heavy atom. The Morgan fingerprint density at radius 1 is 1.57 bits per heavy atom. The van der Waals surface area contributed by atoms with Crippen molar-refractivity contribution in [2.24, 2.45) is 0 Å². The fourth-order valence-electron chi connectivity index (χ4n) is 2.08. The van der Waals surface area contributed by atoms with Gasteiger partial charge >= 0.3 is 0 Å². The van der Waals surface area contributed by atoms with Crippen LogP contribution in [-0.2, 0) is 17.9 Å². The van der Waals surface area contributed by atoms with Gasteiger partial charge in [-0.2, -0.15) is 0 Å². The molecule has 1 aliphatic carbocycles. The van der Waals surface area contributed by atoms with Crippen molar-refractivity contribution in [2.45, 2.75) is 44.9 Å². The lowest BCUT2D eigenvalue weighted by Gasteiger charge is -2.10. The van der Waals surface area contributed by atoms with Gasteiger partial charge in [-0.15, -0.1) is 5.10 Å². The minimum Gasteiger partial charge on any atom is -0.467 e. The summed E-state index contributed by atoms with van der Waals surface area (Å²) in [6.45, 7) is 2.74. The molecule has 0 aliphatic heterocycles. The number of rotatable bonds is 7. The first-order chi connectivity index (χ1) is 10.2. The van der Waals surface area contributed by atoms with Gasteiger partial charge in [0.1, 0.15) is 12.3 Å². The van der Waals surface area contributed by atoms with E-state index in [0.717, 1.165) is 11.5 Å². The van der Waals surface area contributed by atoms with Gasteiger partial charge in [0.25, 0.3) is 0 Å². The summed E-state index contributed by atoms with van der Waals surface area (Å²) in [7, 11) is 0. The van der Waals surface area contributed by atoms with Gasteiger partial charge in [0.2, 0.25) is 5.91 Å². The Hall–Kier alpha value is -2.15. The minimum atomic E-state index is -0.160. The van der Waals surface area contributed by atoms with Crippen LogP contribution in [0.4, 0.5) is 0 Å². The van der Waals surface area contributed by atoms with Crippen molar-refractivity contribution >= 4 is 5.91 Å². The number of nitrogens with zero attached hydrogens (tertiary/aromatic N) is 3. The third-order valence-electron chi connectivity index (χ3n) is 3.39. The molecule has 112 valence electrons. The lowest BCUT2D eigenvalue weighted by molar-refractivity contribution is -0.122. The van der Waals surface area contributed by atoms with Crippen LogP contribution in [0.25, 0.3) is 0 Å². The highest BCUT2D eigenvalue weighted by Crippen LogP contribution is 2.18. The summed E-state index contributed by atoms with van der Waals surface area (Å²) >= 11 is 0. The van der Waals surface area contributed by atoms with Crippen LogP contribution in [0.3, 0.4) is 0 Å². The Kier molecular flexibility index (Phi) is 4.01. The van der Waals surface area contributed by atoms with Gasteiger partial charge in [0.15, 0.2) is 0 Å². The maximum absolute atomic E-state index is 11.9. The van der Waals surface area contributed by atoms with Crippen LogP contribution in [-0.4, -0.2) is 26.9 Å². The van der Waals surface area contributed by atoms with E-state index in [1.807, 2.05) is 13.0 Å². The molecule has 2 heterocycles. The molecule has 2 aromatic rings. The van der Waals surface area contributed by atoms with E-state index in [0.29, 0.717) is 12.6 Å². The standard InChI is InChI=1S/C14H19N5O2/c1-10(13-3-2-6-21-13)16-14(20)9-19-8-12(17-18-19)7-15-11-4-5-11/h2-3,6,8,10-11,15H,4-5,7,9H2,1H3,(H,16,20). The number of hydrogen-bond donors (Lipinski definition) is 2. The quantitative estimate of drug-likeness (QED) is 0.794. The van der Waals surface area contributed by atoms with Crippen molar-refractivity contribution in [3.63, 3.8) is 0 Å². The maximum atomic E-state index is 11.9. The van der Waals surface area contributed by atoms with Crippen molar-refractivity contribution in [1.82, 2.24) is 25.6 Å². The molecule has 1 unspecified atom stereocenters. The first kappa shape index (κ1) is 13.8. The van der Waals surface area contributed by atoms with Crippen LogP contribution in [0.5, 0.6) is 0 Å². The number of amides is 1. The normalized spacial score (nSPS) is 15.9. The molecule has 7 nitrogen and oxygen atoms in total. The molecule has 21 heavy (non-hydrogen) atoms. The van der Waals surface area contributed by atoms with E-state index in [2.05, 4.69) is 20.9 Å². The molecule has 1 saturated carbocycles. The summed E-state index contributed by atoms with van der Waals surface area (Å²) in [5.74, 6) is 0.613. The highest BCUT2D eigenvalue weighted by molar-refractivity contribution is 5.76. The number of hydrogen-bond acceptors (Lipinski definition) is 5. The molecule has 3 rings (SSSR count). The highest BCUT2D eigenvalue weighted by Gasteiger charge is 2.20. The summed E-state index contributed by atoms with van der Waals surface area (Å²) in [4.78, 5) is 11.9. The smallest absolute Gasteiger partial charge is 0.242 e. The second-order valence-corrected chi connectivity index (χ2v) is 5.37. The fraction of sp³-hybridized carbons (Fsp3) is 0.500. The van der Waals surface area contributed by atoms with Crippen LogP contribution >= 0.6 is 0 Å². The molecule has 0 radical (unpaired) electrons. The Balaban J connectivity index is 1.47. The third-order valence-corrected chi connectivity index (χ3v) is 3.39. The van der Waals surface area contributed by atoms with Crippen molar-refractivity contribution in [3.8, 4) is 0 Å². The predicted octanol–water partition coefficient (Wildman–Crippen LogP) is 1.00. The molecule has 0 bridgehead atoms. The zero-order valence-corrected chi connectivity index (χ0v) is 12.0. The van der Waals surface area contributed by atoms with E-state index in [1.165, 1.54) is 12.8 Å². The molecule has 1 aliphatic rings. The van der Waals surface area contributed by atoms with Crippen molar-refractivity contribution in [3.05, 3.63) is 36.0 Å². The molecule has 1 fully saturated rings. The molecule has 2 aromatic heterocycles. The SMILES string of the molecule is CC(NC(=O)Cn1cc(CNC2CC2)nn1)c1ccco1. The van der Waals surface area contributed by atoms with Crippen LogP contribution in [0.15, 0.2) is 29.0 Å². The van der Waals surface area contributed by atoms with E-state index in [1.54, 1.807) is 23.2 Å². The summed E-state index contributed by atoms with van der Waals surface area (Å²) < 4.78 is 6.80. The topological polar surface area (TPSA) is 85.0 Å². The van der Waals surface area contributed by atoms with Gasteiger partial charge < -0.3 is 15.1 Å². The number of carbonyl (C=O) groups is 1. The summed E-state index contributed by atoms with van der Waals surface area (Å²) in [6, 6.07) is 4.11. The van der Waals surface area contributed by atoms with Gasteiger partial charge in [0.05, 0.1) is 24.2 Å². The second kappa shape index (κ2) is 6.09. The first-order valence-corrected chi connectivity index (χ1v) is 7.16. The second-order valence-electron chi connectivity index (χ2n) is 5.37. The molecule has 2 N–H and O–H groups in total. The summed E-state index contributed by atoms with van der Waals surface area (Å²) in [6.07, 6.45) is 5.86. The van der Waals surface area contributed by atoms with Crippen molar-refractivity contribution < 1.29 is 9.21 Å². The average Bonchev–Trinajstić information content (AvgIpc) is 2.95. The zero-order chi connectivity index (χ0) is 14.7. The molecule has 1 atom stereocenters. The highest BCUT2D eigenvalue weighted by atomic mass is 16.3. The van der Waals surface area contributed by atoms with E-state index < -0.39 is 0 Å². The van der Waals surface area contributed by atoms with Crippen LogP contribution < -0.4 is 10.6 Å². The number of aromatic nitrogens is 3. The van der Waals surface area contributed by atoms with Gasteiger partial charge in [-0.3, -0.25) is 4.79 Å². The molecular weight excluding hydrogens is 270 g/mol. The fourth-order valence-corrected chi connectivity index (χ4v) is 2.08. The lowest BCUT2D eigenvalue weighted by atomic mass is 10.2.